The SMILES string of the molecule is C[C@H](CCC(=O)N(C)Cc1ccccc1)[C@H]1CC[C@H]2C3[C@H](O)CC4C[C@H](O)CC[C@]4(C)[C@H]3C[C@H](O)[C@]12C. The molecule has 1 aromatic rings. The van der Waals surface area contributed by atoms with E-state index in [1.165, 1.54) is 0 Å². The van der Waals surface area contributed by atoms with Crippen LogP contribution in [0.3, 0.4) is 0 Å². The Labute approximate surface area is 223 Å². The molecule has 0 aromatic heterocycles. The molecule has 37 heavy (non-hydrogen) atoms. The molecule has 1 amide bonds. The van der Waals surface area contributed by atoms with Crippen molar-refractivity contribution in [3.8, 4) is 0 Å². The smallest absolute Gasteiger partial charge is 0.222 e. The molecule has 4 fully saturated rings. The van der Waals surface area contributed by atoms with Crippen molar-refractivity contribution < 1.29 is 20.1 Å². The molecule has 4 saturated carbocycles. The summed E-state index contributed by atoms with van der Waals surface area (Å²) >= 11 is 0. The van der Waals surface area contributed by atoms with Gasteiger partial charge in [0.25, 0.3) is 0 Å². The van der Waals surface area contributed by atoms with E-state index in [4.69, 9.17) is 0 Å². The Kier molecular flexibility index (Phi) is 7.54. The van der Waals surface area contributed by atoms with Crippen LogP contribution in [0.2, 0.25) is 0 Å². The summed E-state index contributed by atoms with van der Waals surface area (Å²) in [5.74, 6) is 2.13. The third-order valence-electron chi connectivity index (χ3n) is 12.0. The molecule has 4 aliphatic carbocycles. The molecule has 0 spiro atoms. The van der Waals surface area contributed by atoms with E-state index in [2.05, 4.69) is 32.9 Å². The van der Waals surface area contributed by atoms with Crippen molar-refractivity contribution in [3.05, 3.63) is 35.9 Å². The highest BCUT2D eigenvalue weighted by Crippen LogP contribution is 2.68. The standard InChI is InChI=1S/C32H49NO4/c1-20(10-13-29(37)33(4)19-21-8-6-5-7-9-21)24-11-12-25-30-26(18-28(36)32(24,25)3)31(2)15-14-23(34)16-22(31)17-27(30)35/h5-9,20,22-28,30,34-36H,10-19H2,1-4H3/t20-,22?,23-,24-,25+,26+,27-,28+,30?,31+,32-/m1/s1. The van der Waals surface area contributed by atoms with Crippen LogP contribution in [0.25, 0.3) is 0 Å². The van der Waals surface area contributed by atoms with Crippen LogP contribution in [0.15, 0.2) is 30.3 Å². The van der Waals surface area contributed by atoms with Crippen LogP contribution < -0.4 is 0 Å². The van der Waals surface area contributed by atoms with Crippen LogP contribution in [-0.4, -0.2) is 51.5 Å². The third kappa shape index (κ3) is 4.67. The third-order valence-corrected chi connectivity index (χ3v) is 12.0. The second-order valence-electron chi connectivity index (χ2n) is 13.8. The summed E-state index contributed by atoms with van der Waals surface area (Å²) in [7, 11) is 1.89. The van der Waals surface area contributed by atoms with Crippen molar-refractivity contribution >= 4 is 5.91 Å². The molecule has 5 heteroatoms. The average molecular weight is 512 g/mol. The van der Waals surface area contributed by atoms with Crippen molar-refractivity contribution in [3.63, 3.8) is 0 Å². The van der Waals surface area contributed by atoms with Gasteiger partial charge in [-0.2, -0.15) is 0 Å². The zero-order valence-corrected chi connectivity index (χ0v) is 23.4. The number of fused-ring (bicyclic) bond motifs is 5. The summed E-state index contributed by atoms with van der Waals surface area (Å²) in [4.78, 5) is 14.8. The number of hydrogen-bond donors (Lipinski definition) is 3. The van der Waals surface area contributed by atoms with E-state index in [9.17, 15) is 20.1 Å². The molecule has 5 rings (SSSR count). The predicted octanol–water partition coefficient (Wildman–Crippen LogP) is 5.02. The van der Waals surface area contributed by atoms with Crippen LogP contribution in [-0.2, 0) is 11.3 Å². The molecular formula is C32H49NO4. The van der Waals surface area contributed by atoms with Gasteiger partial charge in [-0.15, -0.1) is 0 Å². The van der Waals surface area contributed by atoms with Crippen molar-refractivity contribution in [2.24, 2.45) is 46.3 Å². The van der Waals surface area contributed by atoms with Crippen LogP contribution >= 0.6 is 0 Å². The fourth-order valence-electron chi connectivity index (χ4n) is 9.82. The van der Waals surface area contributed by atoms with E-state index in [0.29, 0.717) is 42.6 Å². The molecule has 0 bridgehead atoms. The van der Waals surface area contributed by atoms with Crippen molar-refractivity contribution in [1.29, 1.82) is 0 Å². The van der Waals surface area contributed by atoms with Crippen molar-refractivity contribution in [1.82, 2.24) is 4.90 Å². The minimum atomic E-state index is -0.375. The fourth-order valence-corrected chi connectivity index (χ4v) is 9.82. The van der Waals surface area contributed by atoms with Crippen LogP contribution in [0, 0.1) is 46.3 Å². The predicted molar refractivity (Wildman–Crippen MR) is 145 cm³/mol. The molecule has 0 heterocycles. The van der Waals surface area contributed by atoms with Gasteiger partial charge in [-0.3, -0.25) is 4.79 Å². The lowest BCUT2D eigenvalue weighted by Crippen LogP contribution is -2.62. The number of carbonyl (C=O) groups is 1. The highest BCUT2D eigenvalue weighted by Gasteiger charge is 2.65. The molecule has 11 atom stereocenters. The number of aliphatic hydroxyl groups is 3. The van der Waals surface area contributed by atoms with Gasteiger partial charge in [0.1, 0.15) is 0 Å². The lowest BCUT2D eigenvalue weighted by molar-refractivity contribution is -0.207. The first-order valence-corrected chi connectivity index (χ1v) is 14.9. The Morgan fingerprint density at radius 1 is 1.03 bits per heavy atom. The van der Waals surface area contributed by atoms with Gasteiger partial charge in [-0.25, -0.2) is 0 Å². The molecule has 2 unspecified atom stereocenters. The van der Waals surface area contributed by atoms with Gasteiger partial charge in [-0.1, -0.05) is 51.1 Å². The lowest BCUT2D eigenvalue weighted by atomic mass is 9.43. The maximum atomic E-state index is 12.9. The van der Waals surface area contributed by atoms with Crippen molar-refractivity contribution in [2.75, 3.05) is 7.05 Å². The maximum absolute atomic E-state index is 12.9. The van der Waals surface area contributed by atoms with Gasteiger partial charge >= 0.3 is 0 Å². The number of aliphatic hydroxyl groups excluding tert-OH is 3. The average Bonchev–Trinajstić information content (AvgIpc) is 3.23. The van der Waals surface area contributed by atoms with Gasteiger partial charge in [-0.05, 0) is 103 Å². The Balaban J connectivity index is 1.26. The monoisotopic (exact) mass is 511 g/mol. The summed E-state index contributed by atoms with van der Waals surface area (Å²) in [5.41, 5.74) is 1.04. The van der Waals surface area contributed by atoms with Crippen LogP contribution in [0.5, 0.6) is 0 Å². The Morgan fingerprint density at radius 3 is 2.49 bits per heavy atom. The highest BCUT2D eigenvalue weighted by molar-refractivity contribution is 5.75. The molecule has 3 N–H and O–H groups in total. The number of hydrogen-bond acceptors (Lipinski definition) is 4. The zero-order chi connectivity index (χ0) is 26.5. The first-order valence-electron chi connectivity index (χ1n) is 14.9. The van der Waals surface area contributed by atoms with E-state index in [-0.39, 0.29) is 41.0 Å². The number of carbonyl (C=O) groups excluding carboxylic acids is 1. The summed E-state index contributed by atoms with van der Waals surface area (Å²) in [6.07, 6.45) is 6.74. The second kappa shape index (κ2) is 10.3. The summed E-state index contributed by atoms with van der Waals surface area (Å²) in [6.45, 7) is 7.59. The number of nitrogens with zero attached hydrogens (tertiary/aromatic N) is 1. The molecule has 5 nitrogen and oxygen atoms in total. The van der Waals surface area contributed by atoms with Gasteiger partial charge in [0.05, 0.1) is 18.3 Å². The number of rotatable bonds is 6. The van der Waals surface area contributed by atoms with Crippen LogP contribution in [0.1, 0.15) is 84.1 Å². The van der Waals surface area contributed by atoms with Gasteiger partial charge < -0.3 is 20.2 Å². The van der Waals surface area contributed by atoms with Crippen LogP contribution in [0.4, 0.5) is 0 Å². The summed E-state index contributed by atoms with van der Waals surface area (Å²) in [5, 5.41) is 33.5. The van der Waals surface area contributed by atoms with E-state index < -0.39 is 0 Å². The quantitative estimate of drug-likeness (QED) is 0.501. The molecule has 206 valence electrons. The molecule has 0 radical (unpaired) electrons. The highest BCUT2D eigenvalue weighted by atomic mass is 16.3. The minimum absolute atomic E-state index is 0.102. The van der Waals surface area contributed by atoms with Gasteiger partial charge in [0.15, 0.2) is 0 Å². The van der Waals surface area contributed by atoms with E-state index in [1.54, 1.807) is 0 Å². The summed E-state index contributed by atoms with van der Waals surface area (Å²) < 4.78 is 0. The van der Waals surface area contributed by atoms with Gasteiger partial charge in [0, 0.05) is 20.0 Å². The first kappa shape index (κ1) is 27.1. The molecule has 1 aromatic carbocycles. The maximum Gasteiger partial charge on any atom is 0.222 e. The normalized spacial score (nSPS) is 43.9. The van der Waals surface area contributed by atoms with Crippen molar-refractivity contribution in [2.45, 2.75) is 103 Å². The fraction of sp³-hybridized carbons (Fsp3) is 0.781. The molecule has 0 saturated heterocycles. The topological polar surface area (TPSA) is 81.0 Å². The Hall–Kier alpha value is -1.43. The molecule has 4 aliphatic rings. The zero-order valence-electron chi connectivity index (χ0n) is 23.4. The van der Waals surface area contributed by atoms with E-state index >= 15 is 0 Å². The number of amides is 1. The second-order valence-corrected chi connectivity index (χ2v) is 13.8. The molecular weight excluding hydrogens is 462 g/mol. The first-order chi connectivity index (χ1) is 17.6. The minimum Gasteiger partial charge on any atom is -0.393 e. The number of benzene rings is 1. The largest absolute Gasteiger partial charge is 0.393 e. The van der Waals surface area contributed by atoms with E-state index in [1.807, 2.05) is 30.1 Å². The lowest BCUT2D eigenvalue weighted by Gasteiger charge is -2.63. The Bertz CT molecular complexity index is 953. The van der Waals surface area contributed by atoms with Gasteiger partial charge in [0.2, 0.25) is 5.91 Å². The van der Waals surface area contributed by atoms with E-state index in [0.717, 1.165) is 56.9 Å². The molecule has 0 aliphatic heterocycles. The Morgan fingerprint density at radius 2 is 1.76 bits per heavy atom. The summed E-state index contributed by atoms with van der Waals surface area (Å²) in [6, 6.07) is 10.1.